The van der Waals surface area contributed by atoms with Crippen LogP contribution >= 0.6 is 15.9 Å². The summed E-state index contributed by atoms with van der Waals surface area (Å²) in [5.74, 6) is -0.123. The Morgan fingerprint density at radius 3 is 2.58 bits per heavy atom. The first kappa shape index (κ1) is 18.2. The van der Waals surface area contributed by atoms with Crippen molar-refractivity contribution in [2.45, 2.75) is 13.8 Å². The van der Waals surface area contributed by atoms with Crippen molar-refractivity contribution >= 4 is 38.7 Å². The highest BCUT2D eigenvalue weighted by atomic mass is 79.9. The zero-order valence-corrected chi connectivity index (χ0v) is 16.3. The number of fused-ring (bicyclic) bond motifs is 1. The third-order valence-corrected chi connectivity index (χ3v) is 4.69. The zero-order valence-electron chi connectivity index (χ0n) is 14.7. The molecule has 0 amide bonds. The Bertz CT molecular complexity index is 983. The van der Waals surface area contributed by atoms with Gasteiger partial charge in [-0.3, -0.25) is 9.36 Å². The van der Waals surface area contributed by atoms with Crippen LogP contribution in [-0.4, -0.2) is 30.2 Å². The second-order valence-electron chi connectivity index (χ2n) is 6.00. The zero-order chi connectivity index (χ0) is 18.8. The Hall–Kier alpha value is -2.60. The molecule has 26 heavy (non-hydrogen) atoms. The van der Waals surface area contributed by atoms with Gasteiger partial charge in [0, 0.05) is 11.6 Å². The molecule has 3 rings (SSSR count). The maximum atomic E-state index is 12.7. The predicted molar refractivity (Wildman–Crippen MR) is 103 cm³/mol. The molecule has 1 heterocycles. The molecule has 2 aromatic carbocycles. The summed E-state index contributed by atoms with van der Waals surface area (Å²) >= 11 is 3.47. The highest BCUT2D eigenvalue weighted by molar-refractivity contribution is 9.10. The molecule has 0 atom stereocenters. The van der Waals surface area contributed by atoms with Gasteiger partial charge in [0.1, 0.15) is 5.75 Å². The molecule has 0 radical (unpaired) electrons. The Kier molecular flexibility index (Phi) is 5.13. The standard InChI is InChI=1S/C20H18BrNO4/c1-12-8-13(2)19(16(21)9-12)26-11-18(23)22-10-15(20(24)25-3)14-6-4-5-7-17(14)22/h4-10H,11H2,1-3H3. The lowest BCUT2D eigenvalue weighted by molar-refractivity contribution is 0.0603. The molecule has 0 saturated heterocycles. The number of methoxy groups -OCH3 is 1. The fourth-order valence-corrected chi connectivity index (χ4v) is 3.74. The molecule has 6 heteroatoms. The molecule has 134 valence electrons. The summed E-state index contributed by atoms with van der Waals surface area (Å²) in [6, 6.07) is 11.1. The lowest BCUT2D eigenvalue weighted by atomic mass is 10.1. The van der Waals surface area contributed by atoms with Crippen LogP contribution in [0, 0.1) is 13.8 Å². The Morgan fingerprint density at radius 2 is 1.88 bits per heavy atom. The minimum atomic E-state index is -0.481. The monoisotopic (exact) mass is 415 g/mol. The second-order valence-corrected chi connectivity index (χ2v) is 6.85. The number of hydrogen-bond donors (Lipinski definition) is 0. The van der Waals surface area contributed by atoms with E-state index >= 15 is 0 Å². The normalized spacial score (nSPS) is 10.8. The number of aromatic nitrogens is 1. The number of halogens is 1. The van der Waals surface area contributed by atoms with Crippen LogP contribution in [0.4, 0.5) is 0 Å². The van der Waals surface area contributed by atoms with Gasteiger partial charge in [0.2, 0.25) is 0 Å². The Labute approximate surface area is 159 Å². The SMILES string of the molecule is COC(=O)c1cn(C(=O)COc2c(C)cc(C)cc2Br)c2ccccc12. The minimum absolute atomic E-state index is 0.151. The Morgan fingerprint density at radius 1 is 1.15 bits per heavy atom. The van der Waals surface area contributed by atoms with E-state index < -0.39 is 5.97 Å². The molecule has 0 aliphatic carbocycles. The third-order valence-electron chi connectivity index (χ3n) is 4.10. The summed E-state index contributed by atoms with van der Waals surface area (Å²) < 4.78 is 12.8. The maximum Gasteiger partial charge on any atom is 0.340 e. The van der Waals surface area contributed by atoms with E-state index in [9.17, 15) is 9.59 Å². The van der Waals surface area contributed by atoms with Crippen LogP contribution in [0.25, 0.3) is 10.9 Å². The van der Waals surface area contributed by atoms with E-state index in [1.807, 2.05) is 38.1 Å². The molecule has 3 aromatic rings. The van der Waals surface area contributed by atoms with Crippen molar-refractivity contribution in [3.05, 3.63) is 63.8 Å². The van der Waals surface area contributed by atoms with Crippen molar-refractivity contribution in [1.29, 1.82) is 0 Å². The van der Waals surface area contributed by atoms with Gasteiger partial charge in [0.15, 0.2) is 6.61 Å². The summed E-state index contributed by atoms with van der Waals surface area (Å²) in [6.45, 7) is 3.77. The average molecular weight is 416 g/mol. The average Bonchev–Trinajstić information content (AvgIpc) is 2.99. The predicted octanol–water partition coefficient (Wildman–Crippen LogP) is 4.53. The summed E-state index contributed by atoms with van der Waals surface area (Å²) in [5.41, 5.74) is 3.04. The molecule has 0 spiro atoms. The van der Waals surface area contributed by atoms with Gasteiger partial charge >= 0.3 is 5.97 Å². The molecule has 0 fully saturated rings. The highest BCUT2D eigenvalue weighted by Gasteiger charge is 2.19. The van der Waals surface area contributed by atoms with Gasteiger partial charge in [0.25, 0.3) is 5.91 Å². The first-order valence-corrected chi connectivity index (χ1v) is 8.83. The number of ether oxygens (including phenoxy) is 2. The molecule has 0 aliphatic heterocycles. The number of carbonyl (C=O) groups excluding carboxylic acids is 2. The molecule has 0 saturated carbocycles. The van der Waals surface area contributed by atoms with Crippen LogP contribution in [0.15, 0.2) is 47.1 Å². The van der Waals surface area contributed by atoms with Gasteiger partial charge in [-0.15, -0.1) is 0 Å². The molecule has 0 bridgehead atoms. The number of carbonyl (C=O) groups is 2. The lowest BCUT2D eigenvalue weighted by Gasteiger charge is -2.12. The van der Waals surface area contributed by atoms with Gasteiger partial charge in [0.05, 0.1) is 22.7 Å². The minimum Gasteiger partial charge on any atom is -0.482 e. The summed E-state index contributed by atoms with van der Waals surface area (Å²) in [7, 11) is 1.32. The van der Waals surface area contributed by atoms with Gasteiger partial charge in [-0.05, 0) is 53.0 Å². The second kappa shape index (κ2) is 7.33. The summed E-state index contributed by atoms with van der Waals surface area (Å²) in [5, 5.41) is 0.667. The van der Waals surface area contributed by atoms with Gasteiger partial charge in [-0.2, -0.15) is 0 Å². The van der Waals surface area contributed by atoms with E-state index in [0.717, 1.165) is 15.6 Å². The molecule has 5 nitrogen and oxygen atoms in total. The molecule has 0 N–H and O–H groups in total. The van der Waals surface area contributed by atoms with Crippen LogP contribution in [0.2, 0.25) is 0 Å². The van der Waals surface area contributed by atoms with Gasteiger partial charge in [-0.1, -0.05) is 24.3 Å². The summed E-state index contributed by atoms with van der Waals surface area (Å²) in [4.78, 5) is 24.7. The van der Waals surface area contributed by atoms with E-state index in [0.29, 0.717) is 22.2 Å². The van der Waals surface area contributed by atoms with Crippen LogP contribution in [0.3, 0.4) is 0 Å². The van der Waals surface area contributed by atoms with Gasteiger partial charge < -0.3 is 9.47 Å². The number of aryl methyl sites for hydroxylation is 2. The number of hydrogen-bond acceptors (Lipinski definition) is 4. The first-order valence-electron chi connectivity index (χ1n) is 8.03. The fraction of sp³-hybridized carbons (Fsp3) is 0.200. The first-order chi connectivity index (χ1) is 12.4. The van der Waals surface area contributed by atoms with E-state index in [1.54, 1.807) is 12.1 Å². The molecular formula is C20H18BrNO4. The highest BCUT2D eigenvalue weighted by Crippen LogP contribution is 2.30. The fourth-order valence-electron chi connectivity index (χ4n) is 2.95. The molecule has 1 aromatic heterocycles. The largest absolute Gasteiger partial charge is 0.482 e. The number of nitrogens with zero attached hydrogens (tertiary/aromatic N) is 1. The van der Waals surface area contributed by atoms with E-state index in [-0.39, 0.29) is 12.5 Å². The van der Waals surface area contributed by atoms with Crippen LogP contribution in [0.1, 0.15) is 26.3 Å². The molecule has 0 unspecified atom stereocenters. The lowest BCUT2D eigenvalue weighted by Crippen LogP contribution is -2.19. The van der Waals surface area contributed by atoms with Crippen molar-refractivity contribution in [3.8, 4) is 5.75 Å². The Balaban J connectivity index is 1.91. The van der Waals surface area contributed by atoms with Crippen molar-refractivity contribution in [2.24, 2.45) is 0 Å². The topological polar surface area (TPSA) is 57.5 Å². The van der Waals surface area contributed by atoms with Crippen LogP contribution < -0.4 is 4.74 Å². The number of para-hydroxylation sites is 1. The van der Waals surface area contributed by atoms with Crippen molar-refractivity contribution in [1.82, 2.24) is 4.57 Å². The van der Waals surface area contributed by atoms with Crippen molar-refractivity contribution < 1.29 is 19.1 Å². The quantitative estimate of drug-likeness (QED) is 0.587. The van der Waals surface area contributed by atoms with Crippen molar-refractivity contribution in [3.63, 3.8) is 0 Å². The number of esters is 1. The summed E-state index contributed by atoms with van der Waals surface area (Å²) in [6.07, 6.45) is 1.50. The van der Waals surface area contributed by atoms with E-state index in [1.165, 1.54) is 17.9 Å². The van der Waals surface area contributed by atoms with E-state index in [4.69, 9.17) is 9.47 Å². The van der Waals surface area contributed by atoms with Crippen LogP contribution in [-0.2, 0) is 4.74 Å². The van der Waals surface area contributed by atoms with Gasteiger partial charge in [-0.25, -0.2) is 4.79 Å². The smallest absolute Gasteiger partial charge is 0.340 e. The van der Waals surface area contributed by atoms with Crippen molar-refractivity contribution in [2.75, 3.05) is 13.7 Å². The van der Waals surface area contributed by atoms with Crippen LogP contribution in [0.5, 0.6) is 5.75 Å². The molecular weight excluding hydrogens is 398 g/mol. The van der Waals surface area contributed by atoms with E-state index in [2.05, 4.69) is 15.9 Å². The number of rotatable bonds is 4. The maximum absolute atomic E-state index is 12.7. The molecule has 0 aliphatic rings. The number of benzene rings is 2. The third kappa shape index (κ3) is 3.37.